The first-order valence-electron chi connectivity index (χ1n) is 8.87. The monoisotopic (exact) mass is 422 g/mol. The van der Waals surface area contributed by atoms with Gasteiger partial charge in [-0.3, -0.25) is 4.99 Å². The van der Waals surface area contributed by atoms with E-state index in [9.17, 15) is 21.6 Å². The van der Waals surface area contributed by atoms with Crippen LogP contribution in [0, 0.1) is 0 Å². The van der Waals surface area contributed by atoms with Crippen LogP contribution >= 0.6 is 0 Å². The van der Waals surface area contributed by atoms with Crippen molar-refractivity contribution >= 4 is 16.0 Å². The van der Waals surface area contributed by atoms with E-state index in [4.69, 9.17) is 4.74 Å². The maximum atomic E-state index is 13.0. The van der Waals surface area contributed by atoms with E-state index in [1.807, 2.05) is 11.8 Å². The summed E-state index contributed by atoms with van der Waals surface area (Å²) in [6.45, 7) is 4.11. The molecule has 1 aliphatic rings. The zero-order chi connectivity index (χ0) is 20.8. The van der Waals surface area contributed by atoms with Crippen LogP contribution in [0.25, 0.3) is 0 Å². The Morgan fingerprint density at radius 2 is 2.14 bits per heavy atom. The Bertz CT molecular complexity index is 784. The lowest BCUT2D eigenvalue weighted by molar-refractivity contribution is -0.137. The Hall–Kier alpha value is -1.85. The predicted molar refractivity (Wildman–Crippen MR) is 101 cm³/mol. The van der Waals surface area contributed by atoms with Crippen molar-refractivity contribution in [3.8, 4) is 0 Å². The third-order valence-electron chi connectivity index (χ3n) is 4.02. The molecule has 0 amide bonds. The molecule has 0 bridgehead atoms. The quantitative estimate of drug-likeness (QED) is 0.413. The van der Waals surface area contributed by atoms with E-state index in [-0.39, 0.29) is 13.1 Å². The van der Waals surface area contributed by atoms with Crippen LogP contribution in [0.2, 0.25) is 0 Å². The molecule has 28 heavy (non-hydrogen) atoms. The fourth-order valence-electron chi connectivity index (χ4n) is 2.78. The number of hydrogen-bond acceptors (Lipinski definition) is 4. The van der Waals surface area contributed by atoms with E-state index < -0.39 is 27.9 Å². The average molecular weight is 422 g/mol. The molecular weight excluding hydrogens is 397 g/mol. The Morgan fingerprint density at radius 3 is 2.79 bits per heavy atom. The normalized spacial score (nSPS) is 19.0. The van der Waals surface area contributed by atoms with Crippen molar-refractivity contribution in [2.45, 2.75) is 19.2 Å². The van der Waals surface area contributed by atoms with Crippen LogP contribution in [0.15, 0.2) is 29.3 Å². The molecule has 2 rings (SSSR count). The van der Waals surface area contributed by atoms with Crippen LogP contribution in [0.1, 0.15) is 24.2 Å². The van der Waals surface area contributed by atoms with E-state index in [1.54, 1.807) is 6.07 Å². The van der Waals surface area contributed by atoms with E-state index in [0.29, 0.717) is 37.8 Å². The van der Waals surface area contributed by atoms with Gasteiger partial charge in [0.05, 0.1) is 31.5 Å². The third-order valence-corrected chi connectivity index (χ3v) is 4.75. The zero-order valence-corrected chi connectivity index (χ0v) is 16.6. The maximum absolute atomic E-state index is 13.0. The van der Waals surface area contributed by atoms with Gasteiger partial charge in [0, 0.05) is 19.6 Å². The molecule has 0 spiro atoms. The molecular formula is C17H25F3N4O3S. The van der Waals surface area contributed by atoms with E-state index in [2.05, 4.69) is 15.0 Å². The highest BCUT2D eigenvalue weighted by Gasteiger charge is 2.32. The SMILES string of the molecule is CCNC(=NCCNS(C)(=O)=O)N1CCOC(c2cccc(C(F)(F)F)c2)C1. The number of benzene rings is 1. The highest BCUT2D eigenvalue weighted by molar-refractivity contribution is 7.88. The van der Waals surface area contributed by atoms with Gasteiger partial charge in [0.25, 0.3) is 0 Å². The van der Waals surface area contributed by atoms with Crippen LogP contribution in [-0.4, -0.2) is 64.9 Å². The minimum atomic E-state index is -4.41. The lowest BCUT2D eigenvalue weighted by Crippen LogP contribution is -2.48. The van der Waals surface area contributed by atoms with Gasteiger partial charge < -0.3 is 15.0 Å². The summed E-state index contributed by atoms with van der Waals surface area (Å²) in [6, 6.07) is 5.12. The van der Waals surface area contributed by atoms with Crippen LogP contribution in [-0.2, 0) is 20.9 Å². The topological polar surface area (TPSA) is 83.0 Å². The second-order valence-electron chi connectivity index (χ2n) is 6.33. The lowest BCUT2D eigenvalue weighted by atomic mass is 10.0. The second-order valence-corrected chi connectivity index (χ2v) is 8.16. The molecule has 0 aliphatic carbocycles. The fraction of sp³-hybridized carbons (Fsp3) is 0.588. The Balaban J connectivity index is 2.09. The number of alkyl halides is 3. The van der Waals surface area contributed by atoms with Gasteiger partial charge in [-0.1, -0.05) is 12.1 Å². The summed E-state index contributed by atoms with van der Waals surface area (Å²) in [5.41, 5.74) is -0.257. The molecule has 11 heteroatoms. The van der Waals surface area contributed by atoms with Gasteiger partial charge in [0.15, 0.2) is 5.96 Å². The first-order valence-corrected chi connectivity index (χ1v) is 10.8. The molecule has 1 aliphatic heterocycles. The van der Waals surface area contributed by atoms with Gasteiger partial charge >= 0.3 is 6.18 Å². The van der Waals surface area contributed by atoms with Crippen molar-refractivity contribution in [1.82, 2.24) is 14.9 Å². The van der Waals surface area contributed by atoms with E-state index in [1.165, 1.54) is 6.07 Å². The van der Waals surface area contributed by atoms with Gasteiger partial charge in [-0.25, -0.2) is 13.1 Å². The van der Waals surface area contributed by atoms with Crippen LogP contribution < -0.4 is 10.0 Å². The highest BCUT2D eigenvalue weighted by atomic mass is 32.2. The van der Waals surface area contributed by atoms with E-state index in [0.717, 1.165) is 18.4 Å². The lowest BCUT2D eigenvalue weighted by Gasteiger charge is -2.35. The number of ether oxygens (including phenoxy) is 1. The summed E-state index contributed by atoms with van der Waals surface area (Å²) < 4.78 is 69.2. The van der Waals surface area contributed by atoms with Crippen molar-refractivity contribution in [3.05, 3.63) is 35.4 Å². The number of morpholine rings is 1. The summed E-state index contributed by atoms with van der Waals surface area (Å²) in [7, 11) is -3.29. The summed E-state index contributed by atoms with van der Waals surface area (Å²) in [5, 5.41) is 3.12. The van der Waals surface area contributed by atoms with Crippen molar-refractivity contribution in [2.24, 2.45) is 4.99 Å². The smallest absolute Gasteiger partial charge is 0.370 e. The van der Waals surface area contributed by atoms with Crippen molar-refractivity contribution in [1.29, 1.82) is 0 Å². The first-order chi connectivity index (χ1) is 13.1. The summed E-state index contributed by atoms with van der Waals surface area (Å²) in [6.07, 6.45) is -3.86. The van der Waals surface area contributed by atoms with Gasteiger partial charge in [0.1, 0.15) is 6.10 Å². The fourth-order valence-corrected chi connectivity index (χ4v) is 3.24. The number of halogens is 3. The molecule has 1 saturated heterocycles. The van der Waals surface area contributed by atoms with Gasteiger partial charge in [-0.2, -0.15) is 13.2 Å². The maximum Gasteiger partial charge on any atom is 0.416 e. The number of aliphatic imine (C=N–C) groups is 1. The summed E-state index contributed by atoms with van der Waals surface area (Å²) in [5.74, 6) is 0.568. The Labute approximate surface area is 163 Å². The number of hydrogen-bond donors (Lipinski definition) is 2. The average Bonchev–Trinajstić information content (AvgIpc) is 2.63. The number of nitrogens with zero attached hydrogens (tertiary/aromatic N) is 2. The molecule has 0 aromatic heterocycles. The molecule has 0 radical (unpaired) electrons. The van der Waals surface area contributed by atoms with Crippen LogP contribution in [0.4, 0.5) is 13.2 Å². The molecule has 1 atom stereocenters. The molecule has 158 valence electrons. The van der Waals surface area contributed by atoms with Crippen LogP contribution in [0.5, 0.6) is 0 Å². The summed E-state index contributed by atoms with van der Waals surface area (Å²) >= 11 is 0. The molecule has 0 saturated carbocycles. The number of sulfonamides is 1. The predicted octanol–water partition coefficient (Wildman–Crippen LogP) is 1.59. The van der Waals surface area contributed by atoms with Crippen LogP contribution in [0.3, 0.4) is 0 Å². The van der Waals surface area contributed by atoms with Gasteiger partial charge in [-0.05, 0) is 24.6 Å². The standard InChI is InChI=1S/C17H25F3N4O3S/c1-3-21-16(22-7-8-23-28(2,25)26)24-9-10-27-15(12-24)13-5-4-6-14(11-13)17(18,19)20/h4-6,11,15,23H,3,7-10,12H2,1-2H3,(H,21,22). The van der Waals surface area contributed by atoms with Gasteiger partial charge in [0.2, 0.25) is 10.0 Å². The Kier molecular flexibility index (Phi) is 7.67. The molecule has 1 heterocycles. The first kappa shape index (κ1) is 22.4. The second kappa shape index (κ2) is 9.57. The molecule has 7 nitrogen and oxygen atoms in total. The van der Waals surface area contributed by atoms with Crippen molar-refractivity contribution in [3.63, 3.8) is 0 Å². The minimum absolute atomic E-state index is 0.162. The largest absolute Gasteiger partial charge is 0.416 e. The highest BCUT2D eigenvalue weighted by Crippen LogP contribution is 2.32. The molecule has 1 fully saturated rings. The number of rotatable bonds is 6. The number of guanidine groups is 1. The minimum Gasteiger partial charge on any atom is -0.370 e. The zero-order valence-electron chi connectivity index (χ0n) is 15.8. The molecule has 1 aromatic carbocycles. The molecule has 1 unspecified atom stereocenters. The third kappa shape index (κ3) is 6.95. The van der Waals surface area contributed by atoms with Crippen molar-refractivity contribution in [2.75, 3.05) is 45.6 Å². The van der Waals surface area contributed by atoms with E-state index >= 15 is 0 Å². The Morgan fingerprint density at radius 1 is 1.39 bits per heavy atom. The number of nitrogens with one attached hydrogen (secondary N) is 2. The van der Waals surface area contributed by atoms with Crippen molar-refractivity contribution < 1.29 is 26.3 Å². The molecule has 1 aromatic rings. The summed E-state index contributed by atoms with van der Waals surface area (Å²) in [4.78, 5) is 6.30. The van der Waals surface area contributed by atoms with Gasteiger partial charge in [-0.15, -0.1) is 0 Å². The molecule has 2 N–H and O–H groups in total.